The molecular weight excluding hydrogens is 332 g/mol. The van der Waals surface area contributed by atoms with Crippen molar-refractivity contribution in [1.29, 1.82) is 0 Å². The SMILES string of the molecule is Cc1cc2c(s1)Nc1ccccc1N=C2N1CCN[C@@H](CC(C)O)C1. The lowest BCUT2D eigenvalue weighted by Gasteiger charge is -2.36. The van der Waals surface area contributed by atoms with Gasteiger partial charge < -0.3 is 20.6 Å². The fraction of sp³-hybridized carbons (Fsp3) is 0.421. The number of fused-ring (bicyclic) bond motifs is 2. The van der Waals surface area contributed by atoms with Crippen LogP contribution in [0.15, 0.2) is 35.3 Å². The van der Waals surface area contributed by atoms with E-state index >= 15 is 0 Å². The molecule has 0 spiro atoms. The highest BCUT2D eigenvalue weighted by atomic mass is 32.1. The summed E-state index contributed by atoms with van der Waals surface area (Å²) < 4.78 is 0. The summed E-state index contributed by atoms with van der Waals surface area (Å²) in [6.45, 7) is 6.68. The number of anilines is 2. The molecule has 1 aromatic carbocycles. The third kappa shape index (κ3) is 3.42. The lowest BCUT2D eigenvalue weighted by atomic mass is 10.1. The number of nitrogens with one attached hydrogen (secondary N) is 2. The fourth-order valence-corrected chi connectivity index (χ4v) is 4.50. The van der Waals surface area contributed by atoms with Gasteiger partial charge in [0.05, 0.1) is 23.0 Å². The average Bonchev–Trinajstić information content (AvgIpc) is 2.86. The first-order valence-corrected chi connectivity index (χ1v) is 9.64. The van der Waals surface area contributed by atoms with Gasteiger partial charge in [-0.2, -0.15) is 0 Å². The average molecular weight is 356 g/mol. The van der Waals surface area contributed by atoms with E-state index in [1.54, 1.807) is 11.3 Å². The van der Waals surface area contributed by atoms with E-state index in [0.29, 0.717) is 0 Å². The first-order valence-electron chi connectivity index (χ1n) is 8.82. The Balaban J connectivity index is 1.72. The number of aliphatic imine (C=N–C) groups is 1. The Bertz CT molecular complexity index is 798. The first-order chi connectivity index (χ1) is 12.1. The van der Waals surface area contributed by atoms with Crippen molar-refractivity contribution < 1.29 is 5.11 Å². The number of aliphatic hydroxyl groups is 1. The standard InChI is InChI=1S/C19H24N4OS/c1-12(24)9-14-11-23(8-7-20-14)18-15-10-13(2)25-19(15)22-17-6-4-3-5-16(17)21-18/h3-6,10,12,14,20,22,24H,7-9,11H2,1-2H3/t12?,14-/m0/s1. The number of para-hydroxylation sites is 2. The van der Waals surface area contributed by atoms with E-state index in [1.807, 2.05) is 19.1 Å². The maximum Gasteiger partial charge on any atom is 0.139 e. The highest BCUT2D eigenvalue weighted by Crippen LogP contribution is 2.39. The number of hydrogen-bond donors (Lipinski definition) is 3. The normalized spacial score (nSPS) is 20.8. The molecule has 3 heterocycles. The van der Waals surface area contributed by atoms with Crippen LogP contribution in [0, 0.1) is 6.92 Å². The van der Waals surface area contributed by atoms with Gasteiger partial charge in [0.1, 0.15) is 10.8 Å². The van der Waals surface area contributed by atoms with Gasteiger partial charge in [0.2, 0.25) is 0 Å². The smallest absolute Gasteiger partial charge is 0.139 e. The molecule has 6 heteroatoms. The van der Waals surface area contributed by atoms with E-state index < -0.39 is 0 Å². The minimum absolute atomic E-state index is 0.283. The molecule has 0 bridgehead atoms. The fourth-order valence-electron chi connectivity index (χ4n) is 3.58. The molecule has 2 aromatic rings. The molecule has 0 aliphatic carbocycles. The number of thiophene rings is 1. The largest absolute Gasteiger partial charge is 0.393 e. The number of amidine groups is 1. The van der Waals surface area contributed by atoms with Crippen molar-refractivity contribution in [1.82, 2.24) is 10.2 Å². The third-order valence-corrected chi connectivity index (χ3v) is 5.62. The van der Waals surface area contributed by atoms with E-state index in [0.717, 1.165) is 48.3 Å². The molecule has 1 fully saturated rings. The molecule has 0 radical (unpaired) electrons. The summed E-state index contributed by atoms with van der Waals surface area (Å²) in [5.74, 6) is 1.04. The minimum Gasteiger partial charge on any atom is -0.393 e. The summed E-state index contributed by atoms with van der Waals surface area (Å²) in [5, 5.41) is 18.0. The highest BCUT2D eigenvalue weighted by Gasteiger charge is 2.27. The van der Waals surface area contributed by atoms with Gasteiger partial charge in [0.25, 0.3) is 0 Å². The molecule has 1 aromatic heterocycles. The van der Waals surface area contributed by atoms with Gasteiger partial charge in [-0.25, -0.2) is 4.99 Å². The number of piperazine rings is 1. The van der Waals surface area contributed by atoms with Crippen molar-refractivity contribution in [3.63, 3.8) is 0 Å². The molecule has 4 rings (SSSR count). The van der Waals surface area contributed by atoms with E-state index in [9.17, 15) is 5.11 Å². The summed E-state index contributed by atoms with van der Waals surface area (Å²) in [5.41, 5.74) is 3.21. The van der Waals surface area contributed by atoms with Gasteiger partial charge in [-0.3, -0.25) is 0 Å². The Kier molecular flexibility index (Phi) is 4.50. The summed E-state index contributed by atoms with van der Waals surface area (Å²) in [6.07, 6.45) is 0.462. The number of hydrogen-bond acceptors (Lipinski definition) is 6. The molecule has 0 amide bonds. The molecule has 1 saturated heterocycles. The monoisotopic (exact) mass is 356 g/mol. The van der Waals surface area contributed by atoms with Crippen LogP contribution < -0.4 is 10.6 Å². The van der Waals surface area contributed by atoms with E-state index in [2.05, 4.69) is 40.7 Å². The van der Waals surface area contributed by atoms with Crippen LogP contribution in [0.3, 0.4) is 0 Å². The quantitative estimate of drug-likeness (QED) is 0.773. The van der Waals surface area contributed by atoms with Gasteiger partial charge in [0.15, 0.2) is 0 Å². The topological polar surface area (TPSA) is 59.9 Å². The highest BCUT2D eigenvalue weighted by molar-refractivity contribution is 7.16. The summed E-state index contributed by atoms with van der Waals surface area (Å²) in [6, 6.07) is 10.7. The zero-order valence-corrected chi connectivity index (χ0v) is 15.4. The predicted octanol–water partition coefficient (Wildman–Crippen LogP) is 3.24. The molecule has 2 atom stereocenters. The Morgan fingerprint density at radius 3 is 3.08 bits per heavy atom. The van der Waals surface area contributed by atoms with Crippen molar-refractivity contribution in [2.45, 2.75) is 32.4 Å². The van der Waals surface area contributed by atoms with E-state index in [4.69, 9.17) is 4.99 Å². The number of benzene rings is 1. The first kappa shape index (κ1) is 16.6. The van der Waals surface area contributed by atoms with Crippen molar-refractivity contribution >= 4 is 33.5 Å². The number of aliphatic hydroxyl groups excluding tert-OH is 1. The van der Waals surface area contributed by atoms with Crippen LogP contribution in [-0.2, 0) is 0 Å². The lowest BCUT2D eigenvalue weighted by molar-refractivity contribution is 0.151. The van der Waals surface area contributed by atoms with Crippen molar-refractivity contribution in [3.05, 3.63) is 40.8 Å². The summed E-state index contributed by atoms with van der Waals surface area (Å²) in [4.78, 5) is 8.66. The molecule has 0 saturated carbocycles. The molecule has 5 nitrogen and oxygen atoms in total. The molecule has 1 unspecified atom stereocenters. The van der Waals surface area contributed by atoms with Crippen LogP contribution in [0.5, 0.6) is 0 Å². The Labute approximate surface area is 152 Å². The van der Waals surface area contributed by atoms with E-state index in [1.165, 1.54) is 10.4 Å². The van der Waals surface area contributed by atoms with Crippen LogP contribution in [-0.4, -0.2) is 47.6 Å². The zero-order chi connectivity index (χ0) is 17.4. The maximum absolute atomic E-state index is 9.74. The van der Waals surface area contributed by atoms with Crippen molar-refractivity contribution in [3.8, 4) is 0 Å². The maximum atomic E-state index is 9.74. The van der Waals surface area contributed by atoms with E-state index in [-0.39, 0.29) is 12.1 Å². The van der Waals surface area contributed by atoms with Gasteiger partial charge in [-0.15, -0.1) is 11.3 Å². The molecule has 2 aliphatic heterocycles. The van der Waals surface area contributed by atoms with Crippen molar-refractivity contribution in [2.75, 3.05) is 25.0 Å². The Morgan fingerprint density at radius 2 is 2.24 bits per heavy atom. The van der Waals surface area contributed by atoms with Gasteiger partial charge in [0, 0.05) is 30.6 Å². The summed E-state index contributed by atoms with van der Waals surface area (Å²) >= 11 is 1.77. The lowest BCUT2D eigenvalue weighted by Crippen LogP contribution is -2.53. The van der Waals surface area contributed by atoms with Crippen LogP contribution in [0.1, 0.15) is 23.8 Å². The number of rotatable bonds is 2. The van der Waals surface area contributed by atoms with Crippen LogP contribution >= 0.6 is 11.3 Å². The number of nitrogens with zero attached hydrogens (tertiary/aromatic N) is 2. The zero-order valence-electron chi connectivity index (χ0n) is 14.6. The second-order valence-electron chi connectivity index (χ2n) is 6.86. The molecule has 3 N–H and O–H groups in total. The second-order valence-corrected chi connectivity index (χ2v) is 8.12. The van der Waals surface area contributed by atoms with Crippen molar-refractivity contribution in [2.24, 2.45) is 4.99 Å². The minimum atomic E-state index is -0.296. The molecular formula is C19H24N4OS. The predicted molar refractivity (Wildman–Crippen MR) is 105 cm³/mol. The Morgan fingerprint density at radius 1 is 1.40 bits per heavy atom. The summed E-state index contributed by atoms with van der Waals surface area (Å²) in [7, 11) is 0. The molecule has 132 valence electrons. The second kappa shape index (κ2) is 6.78. The Hall–Kier alpha value is -1.89. The van der Waals surface area contributed by atoms with Gasteiger partial charge >= 0.3 is 0 Å². The molecule has 25 heavy (non-hydrogen) atoms. The van der Waals surface area contributed by atoms with Crippen LogP contribution in [0.25, 0.3) is 0 Å². The van der Waals surface area contributed by atoms with Crippen LogP contribution in [0.4, 0.5) is 16.4 Å². The van der Waals surface area contributed by atoms with Gasteiger partial charge in [-0.05, 0) is 38.5 Å². The number of aryl methyl sites for hydroxylation is 1. The van der Waals surface area contributed by atoms with Crippen LogP contribution in [0.2, 0.25) is 0 Å². The van der Waals surface area contributed by atoms with Gasteiger partial charge in [-0.1, -0.05) is 12.1 Å². The third-order valence-electron chi connectivity index (χ3n) is 4.66. The molecule has 2 aliphatic rings.